The molecule has 0 spiro atoms. The second-order valence-electron chi connectivity index (χ2n) is 9.56. The molecule has 0 amide bonds. The Kier molecular flexibility index (Phi) is 8.56. The van der Waals surface area contributed by atoms with Crippen molar-refractivity contribution < 1.29 is 18.1 Å². The molecule has 0 aliphatic rings. The summed E-state index contributed by atoms with van der Waals surface area (Å²) in [4.78, 5) is 10.9. The largest absolute Gasteiger partial charge is 0.616 e. The zero-order chi connectivity index (χ0) is 28.2. The number of furan rings is 1. The highest BCUT2D eigenvalue weighted by atomic mass is 35.5. The lowest BCUT2D eigenvalue weighted by Crippen LogP contribution is -2.26. The Balaban J connectivity index is 1.36. The molecular formula is C30H28ClFN4O3S. The first-order valence-electron chi connectivity index (χ1n) is 12.5. The smallest absolute Gasteiger partial charge is 0.141 e. The molecule has 0 bridgehead atoms. The fourth-order valence-electron chi connectivity index (χ4n) is 4.32. The van der Waals surface area contributed by atoms with Crippen molar-refractivity contribution in [3.63, 3.8) is 0 Å². The number of benzene rings is 3. The van der Waals surface area contributed by atoms with Gasteiger partial charge in [0, 0.05) is 16.6 Å². The highest BCUT2D eigenvalue weighted by Gasteiger charge is 2.23. The Morgan fingerprint density at radius 3 is 2.67 bits per heavy atom. The quantitative estimate of drug-likeness (QED) is 0.179. The van der Waals surface area contributed by atoms with Crippen LogP contribution in [-0.2, 0) is 17.8 Å². The normalized spacial score (nSPS) is 13.0. The molecule has 2 atom stereocenters. The molecule has 0 aliphatic carbocycles. The van der Waals surface area contributed by atoms with Crippen molar-refractivity contribution in [3.05, 3.63) is 101 Å². The molecule has 2 aromatic heterocycles. The van der Waals surface area contributed by atoms with Gasteiger partial charge in [0.05, 0.1) is 16.8 Å². The predicted octanol–water partition coefficient (Wildman–Crippen LogP) is 6.99. The third-order valence-corrected chi connectivity index (χ3v) is 7.45. The van der Waals surface area contributed by atoms with Crippen LogP contribution in [0.4, 0.5) is 15.9 Å². The molecule has 0 fully saturated rings. The van der Waals surface area contributed by atoms with Gasteiger partial charge in [-0.2, -0.15) is 0 Å². The lowest BCUT2D eigenvalue weighted by atomic mass is 10.1. The van der Waals surface area contributed by atoms with Gasteiger partial charge in [-0.1, -0.05) is 34.9 Å². The van der Waals surface area contributed by atoms with Crippen molar-refractivity contribution in [1.82, 2.24) is 14.9 Å². The molecule has 40 heavy (non-hydrogen) atoms. The van der Waals surface area contributed by atoms with Gasteiger partial charge in [-0.3, -0.25) is 4.90 Å². The first-order valence-corrected chi connectivity index (χ1v) is 14.6. The van der Waals surface area contributed by atoms with E-state index < -0.39 is 11.2 Å². The molecule has 0 saturated carbocycles. The van der Waals surface area contributed by atoms with Crippen LogP contribution in [0, 0.1) is 5.82 Å². The van der Waals surface area contributed by atoms with Crippen LogP contribution in [0.5, 0.6) is 5.75 Å². The molecule has 10 heteroatoms. The van der Waals surface area contributed by atoms with Gasteiger partial charge in [0.25, 0.3) is 0 Å². The van der Waals surface area contributed by atoms with Crippen LogP contribution >= 0.6 is 11.6 Å². The van der Waals surface area contributed by atoms with E-state index in [1.165, 1.54) is 18.5 Å². The topological polar surface area (TPSA) is 86.5 Å². The van der Waals surface area contributed by atoms with Gasteiger partial charge in [0.15, 0.2) is 0 Å². The summed E-state index contributed by atoms with van der Waals surface area (Å²) in [5.41, 5.74) is 3.06. The van der Waals surface area contributed by atoms with E-state index in [0.29, 0.717) is 33.7 Å². The SMILES string of the molecule is CN(C)[C@@H](C[S+](C)[O-])c1ccc(-c2ccc3ncnc(Nc4ccc(OCc5cccc(F)c5)c(Cl)c4)c3c2)o1. The number of anilines is 2. The maximum atomic E-state index is 13.5. The van der Waals surface area contributed by atoms with Crippen molar-refractivity contribution in [2.75, 3.05) is 31.4 Å². The summed E-state index contributed by atoms with van der Waals surface area (Å²) in [7, 11) is 3.89. The molecule has 0 radical (unpaired) electrons. The Labute approximate surface area is 240 Å². The van der Waals surface area contributed by atoms with Gasteiger partial charge in [-0.05, 0) is 80.3 Å². The monoisotopic (exact) mass is 578 g/mol. The summed E-state index contributed by atoms with van der Waals surface area (Å²) in [6.45, 7) is 0.198. The average molecular weight is 579 g/mol. The van der Waals surface area contributed by atoms with E-state index in [1.807, 2.05) is 55.4 Å². The minimum absolute atomic E-state index is 0.0915. The third-order valence-electron chi connectivity index (χ3n) is 6.37. The van der Waals surface area contributed by atoms with E-state index in [0.717, 1.165) is 27.9 Å². The Bertz CT molecular complexity index is 1630. The summed E-state index contributed by atoms with van der Waals surface area (Å²) in [5, 5.41) is 4.54. The maximum absolute atomic E-state index is 13.5. The molecule has 5 aromatic rings. The van der Waals surface area contributed by atoms with Crippen LogP contribution in [0.25, 0.3) is 22.2 Å². The minimum atomic E-state index is -0.965. The second kappa shape index (κ2) is 12.3. The van der Waals surface area contributed by atoms with E-state index in [4.69, 9.17) is 20.8 Å². The molecule has 3 aromatic carbocycles. The number of halogens is 2. The van der Waals surface area contributed by atoms with Crippen LogP contribution in [0.1, 0.15) is 17.4 Å². The van der Waals surface area contributed by atoms with Crippen LogP contribution in [-0.4, -0.2) is 45.5 Å². The number of hydrogen-bond acceptors (Lipinski definition) is 7. The van der Waals surface area contributed by atoms with Crippen molar-refractivity contribution in [2.45, 2.75) is 12.6 Å². The van der Waals surface area contributed by atoms with Crippen molar-refractivity contribution in [1.29, 1.82) is 0 Å². The minimum Gasteiger partial charge on any atom is -0.616 e. The lowest BCUT2D eigenvalue weighted by molar-refractivity contribution is 0.281. The van der Waals surface area contributed by atoms with Gasteiger partial charge in [0.2, 0.25) is 0 Å². The summed E-state index contributed by atoms with van der Waals surface area (Å²) in [6.07, 6.45) is 3.19. The van der Waals surface area contributed by atoms with E-state index in [2.05, 4.69) is 15.3 Å². The molecule has 0 saturated heterocycles. The van der Waals surface area contributed by atoms with Crippen molar-refractivity contribution in [2.24, 2.45) is 0 Å². The second-order valence-corrected chi connectivity index (χ2v) is 11.5. The number of fused-ring (bicyclic) bond motifs is 1. The number of rotatable bonds is 10. The number of hydrogen-bond donors (Lipinski definition) is 1. The Morgan fingerprint density at radius 2 is 1.93 bits per heavy atom. The summed E-state index contributed by atoms with van der Waals surface area (Å²) >= 11 is 5.53. The van der Waals surface area contributed by atoms with Crippen molar-refractivity contribution in [3.8, 4) is 17.1 Å². The summed E-state index contributed by atoms with van der Waals surface area (Å²) < 4.78 is 37.3. The fourth-order valence-corrected chi connectivity index (χ4v) is 5.47. The molecule has 5 rings (SSSR count). The highest BCUT2D eigenvalue weighted by molar-refractivity contribution is 7.90. The Hall–Kier alpha value is -3.63. The zero-order valence-corrected chi connectivity index (χ0v) is 23.8. The van der Waals surface area contributed by atoms with E-state index in [9.17, 15) is 8.94 Å². The first-order chi connectivity index (χ1) is 19.3. The van der Waals surface area contributed by atoms with Gasteiger partial charge in [-0.25, -0.2) is 14.4 Å². The van der Waals surface area contributed by atoms with E-state index >= 15 is 0 Å². The number of nitrogens with zero attached hydrogens (tertiary/aromatic N) is 3. The Morgan fingerprint density at radius 1 is 1.07 bits per heavy atom. The van der Waals surface area contributed by atoms with Crippen LogP contribution in [0.2, 0.25) is 5.02 Å². The number of aromatic nitrogens is 2. The standard InChI is InChI=1S/C30H28ClFN4O3S/c1-36(2)26(17-40(3)37)29-12-11-27(39-29)20-7-9-25-23(14-20)30(34-18-33-25)35-22-8-10-28(24(31)15-22)38-16-19-5-4-6-21(32)13-19/h4-15,18,26H,16-17H2,1-3H3,(H,33,34,35)/t26-,40?/m0/s1. The lowest BCUT2D eigenvalue weighted by Gasteiger charge is -2.22. The van der Waals surface area contributed by atoms with E-state index in [1.54, 1.807) is 30.5 Å². The molecule has 2 heterocycles. The summed E-state index contributed by atoms with van der Waals surface area (Å²) in [5.74, 6) is 2.72. The maximum Gasteiger partial charge on any atom is 0.141 e. The van der Waals surface area contributed by atoms with Gasteiger partial charge in [-0.15, -0.1) is 0 Å². The molecule has 7 nitrogen and oxygen atoms in total. The van der Waals surface area contributed by atoms with Gasteiger partial charge >= 0.3 is 0 Å². The van der Waals surface area contributed by atoms with Crippen molar-refractivity contribution >= 4 is 45.2 Å². The van der Waals surface area contributed by atoms with E-state index in [-0.39, 0.29) is 18.5 Å². The summed E-state index contributed by atoms with van der Waals surface area (Å²) in [6, 6.07) is 21.2. The van der Waals surface area contributed by atoms with Crippen LogP contribution in [0.15, 0.2) is 83.5 Å². The first kappa shape index (κ1) is 27.9. The average Bonchev–Trinajstić information content (AvgIpc) is 3.41. The molecule has 1 N–H and O–H groups in total. The number of ether oxygens (including phenoxy) is 1. The zero-order valence-electron chi connectivity index (χ0n) is 22.2. The van der Waals surface area contributed by atoms with Crippen LogP contribution < -0.4 is 10.1 Å². The molecule has 206 valence electrons. The van der Waals surface area contributed by atoms with Gasteiger partial charge < -0.3 is 19.0 Å². The van der Waals surface area contributed by atoms with Crippen LogP contribution in [0.3, 0.4) is 0 Å². The highest BCUT2D eigenvalue weighted by Crippen LogP contribution is 2.34. The number of nitrogens with one attached hydrogen (secondary N) is 1. The molecule has 1 unspecified atom stereocenters. The molecular weight excluding hydrogens is 551 g/mol. The fraction of sp³-hybridized carbons (Fsp3) is 0.200. The predicted molar refractivity (Wildman–Crippen MR) is 158 cm³/mol. The van der Waals surface area contributed by atoms with Gasteiger partial charge in [0.1, 0.15) is 53.6 Å². The third kappa shape index (κ3) is 6.56. The molecule has 0 aliphatic heterocycles.